The van der Waals surface area contributed by atoms with Crippen molar-refractivity contribution in [2.75, 3.05) is 38.3 Å². The fourth-order valence-corrected chi connectivity index (χ4v) is 5.12. The summed E-state index contributed by atoms with van der Waals surface area (Å²) in [4.78, 5) is 29.0. The van der Waals surface area contributed by atoms with Crippen molar-refractivity contribution in [2.45, 2.75) is 90.1 Å². The van der Waals surface area contributed by atoms with Gasteiger partial charge in [-0.15, -0.1) is 0 Å². The highest BCUT2D eigenvalue weighted by Crippen LogP contribution is 2.42. The number of alkyl halides is 3. The summed E-state index contributed by atoms with van der Waals surface area (Å²) in [7, 11) is 1.55. The summed E-state index contributed by atoms with van der Waals surface area (Å²) in [5.74, 6) is -0.754. The summed E-state index contributed by atoms with van der Waals surface area (Å²) in [5.41, 5.74) is -0.745. The van der Waals surface area contributed by atoms with Crippen LogP contribution in [0.4, 0.5) is 23.7 Å². The highest BCUT2D eigenvalue weighted by Gasteiger charge is 2.41. The Kier molecular flexibility index (Phi) is 8.95. The molecule has 1 amide bonds. The number of rotatable bonds is 5. The zero-order chi connectivity index (χ0) is 28.5. The van der Waals surface area contributed by atoms with Gasteiger partial charge in [-0.05, 0) is 78.5 Å². The number of piperidine rings is 1. The third-order valence-electron chi connectivity index (χ3n) is 6.77. The molecule has 7 nitrogen and oxygen atoms in total. The maximum absolute atomic E-state index is 13.7. The lowest BCUT2D eigenvalue weighted by Crippen LogP contribution is -2.41. The molecule has 0 aliphatic carbocycles. The van der Waals surface area contributed by atoms with Crippen LogP contribution in [0.15, 0.2) is 18.2 Å². The lowest BCUT2D eigenvalue weighted by molar-refractivity contribution is -0.160. The minimum absolute atomic E-state index is 0.191. The van der Waals surface area contributed by atoms with E-state index < -0.39 is 29.0 Å². The Morgan fingerprint density at radius 3 is 2.11 bits per heavy atom. The summed E-state index contributed by atoms with van der Waals surface area (Å²) >= 11 is 0. The normalized spacial score (nSPS) is 21.5. The predicted octanol–water partition coefficient (Wildman–Crippen LogP) is 6.00. The van der Waals surface area contributed by atoms with Crippen molar-refractivity contribution in [1.82, 2.24) is 4.90 Å². The molecular weight excluding hydrogens is 501 g/mol. The lowest BCUT2D eigenvalue weighted by atomic mass is 9.90. The van der Waals surface area contributed by atoms with Crippen molar-refractivity contribution < 1.29 is 37.0 Å². The van der Waals surface area contributed by atoms with E-state index in [9.17, 15) is 22.8 Å². The SMILES string of the molecule is COC[C@@H]1CC(c2ccc(C(F)(F)F)cc2N2CCC(C(=O)OC(C)(C)C)CC2)CN1C(=O)OC(C)(C)C. The van der Waals surface area contributed by atoms with Crippen LogP contribution in [-0.4, -0.2) is 67.6 Å². The summed E-state index contributed by atoms with van der Waals surface area (Å²) in [6.07, 6.45) is -3.43. The van der Waals surface area contributed by atoms with Gasteiger partial charge in [-0.25, -0.2) is 4.79 Å². The van der Waals surface area contributed by atoms with Gasteiger partial charge in [0.2, 0.25) is 0 Å². The first-order valence-electron chi connectivity index (χ1n) is 13.2. The molecule has 2 heterocycles. The summed E-state index contributed by atoms with van der Waals surface area (Å²) in [5, 5.41) is 0. The van der Waals surface area contributed by atoms with E-state index in [2.05, 4.69) is 0 Å². The van der Waals surface area contributed by atoms with Gasteiger partial charge in [-0.3, -0.25) is 4.79 Å². The molecule has 2 saturated heterocycles. The molecular formula is C28H41F3N2O5. The number of anilines is 1. The Bertz CT molecular complexity index is 992. The fraction of sp³-hybridized carbons (Fsp3) is 0.714. The highest BCUT2D eigenvalue weighted by molar-refractivity contribution is 5.73. The van der Waals surface area contributed by atoms with Gasteiger partial charge in [-0.1, -0.05) is 6.07 Å². The van der Waals surface area contributed by atoms with Crippen LogP contribution in [0.1, 0.15) is 77.8 Å². The van der Waals surface area contributed by atoms with Crippen LogP contribution in [0.3, 0.4) is 0 Å². The Morgan fingerprint density at radius 2 is 1.58 bits per heavy atom. The minimum Gasteiger partial charge on any atom is -0.460 e. The average Bonchev–Trinajstić information content (AvgIpc) is 3.20. The first-order valence-corrected chi connectivity index (χ1v) is 13.2. The molecule has 1 aromatic rings. The molecule has 2 atom stereocenters. The summed E-state index contributed by atoms with van der Waals surface area (Å²) < 4.78 is 57.5. The second-order valence-electron chi connectivity index (χ2n) is 12.2. The number of carbonyl (C=O) groups is 2. The monoisotopic (exact) mass is 542 g/mol. The Balaban J connectivity index is 1.87. The molecule has 2 aliphatic rings. The molecule has 214 valence electrons. The number of esters is 1. The number of halogens is 3. The number of likely N-dealkylation sites (tertiary alicyclic amines) is 1. The number of ether oxygens (including phenoxy) is 3. The molecule has 0 saturated carbocycles. The van der Waals surface area contributed by atoms with Crippen molar-refractivity contribution in [3.8, 4) is 0 Å². The van der Waals surface area contributed by atoms with Crippen LogP contribution < -0.4 is 4.90 Å². The average molecular weight is 543 g/mol. The molecule has 0 N–H and O–H groups in total. The maximum atomic E-state index is 13.7. The van der Waals surface area contributed by atoms with E-state index in [1.807, 2.05) is 25.7 Å². The quantitative estimate of drug-likeness (QED) is 0.425. The van der Waals surface area contributed by atoms with Crippen LogP contribution in [0, 0.1) is 5.92 Å². The van der Waals surface area contributed by atoms with E-state index in [0.717, 1.165) is 11.6 Å². The molecule has 0 spiro atoms. The van der Waals surface area contributed by atoms with Gasteiger partial charge < -0.3 is 24.0 Å². The molecule has 1 unspecified atom stereocenters. The second kappa shape index (κ2) is 11.3. The van der Waals surface area contributed by atoms with Crippen molar-refractivity contribution in [3.63, 3.8) is 0 Å². The number of hydrogen-bond acceptors (Lipinski definition) is 6. The van der Waals surface area contributed by atoms with Crippen molar-refractivity contribution in [1.29, 1.82) is 0 Å². The highest BCUT2D eigenvalue weighted by atomic mass is 19.4. The maximum Gasteiger partial charge on any atom is 0.416 e. The van der Waals surface area contributed by atoms with Gasteiger partial charge in [0.15, 0.2) is 0 Å². The van der Waals surface area contributed by atoms with Gasteiger partial charge in [0, 0.05) is 38.3 Å². The summed E-state index contributed by atoms with van der Waals surface area (Å²) in [6.45, 7) is 12.3. The standard InChI is InChI=1S/C28H41F3N2O5/c1-26(2,3)37-24(34)18-10-12-32(13-11-18)23-15-20(28(29,30)31)8-9-22(23)19-14-21(17-36-7)33(16-19)25(35)38-27(4,5)6/h8-9,15,18-19,21H,10-14,16-17H2,1-7H3/t19?,21-/m0/s1. The topological polar surface area (TPSA) is 68.3 Å². The molecule has 2 aliphatic heterocycles. The molecule has 0 aromatic heterocycles. The number of benzene rings is 1. The molecule has 3 rings (SSSR count). The molecule has 1 aromatic carbocycles. The molecule has 10 heteroatoms. The van der Waals surface area contributed by atoms with Crippen LogP contribution in [0.25, 0.3) is 0 Å². The molecule has 38 heavy (non-hydrogen) atoms. The molecule has 2 fully saturated rings. The molecule has 0 radical (unpaired) electrons. The third-order valence-corrected chi connectivity index (χ3v) is 6.77. The number of amides is 1. The van der Waals surface area contributed by atoms with Crippen molar-refractivity contribution >= 4 is 17.7 Å². The minimum atomic E-state index is -4.49. The summed E-state index contributed by atoms with van der Waals surface area (Å²) in [6, 6.07) is 3.58. The zero-order valence-electron chi connectivity index (χ0n) is 23.5. The Hall–Kier alpha value is -2.49. The van der Waals surface area contributed by atoms with E-state index in [0.29, 0.717) is 51.2 Å². The third kappa shape index (κ3) is 7.77. The second-order valence-corrected chi connectivity index (χ2v) is 12.2. The van der Waals surface area contributed by atoms with Crippen molar-refractivity contribution in [2.24, 2.45) is 5.92 Å². The fourth-order valence-electron chi connectivity index (χ4n) is 5.12. The first kappa shape index (κ1) is 30.1. The van der Waals surface area contributed by atoms with Crippen LogP contribution in [0.2, 0.25) is 0 Å². The van der Waals surface area contributed by atoms with Crippen LogP contribution in [0.5, 0.6) is 0 Å². The van der Waals surface area contributed by atoms with E-state index in [-0.39, 0.29) is 23.8 Å². The van der Waals surface area contributed by atoms with E-state index in [4.69, 9.17) is 14.2 Å². The number of hydrogen-bond donors (Lipinski definition) is 0. The van der Waals surface area contributed by atoms with Crippen LogP contribution >= 0.6 is 0 Å². The smallest absolute Gasteiger partial charge is 0.416 e. The largest absolute Gasteiger partial charge is 0.460 e. The van der Waals surface area contributed by atoms with Gasteiger partial charge in [-0.2, -0.15) is 13.2 Å². The lowest BCUT2D eigenvalue weighted by Gasteiger charge is -2.36. The van der Waals surface area contributed by atoms with Gasteiger partial charge in [0.05, 0.1) is 24.1 Å². The van der Waals surface area contributed by atoms with Gasteiger partial charge in [0.25, 0.3) is 0 Å². The Morgan fingerprint density at radius 1 is 0.974 bits per heavy atom. The Labute approximate surface area is 223 Å². The number of methoxy groups -OCH3 is 1. The first-order chi connectivity index (χ1) is 17.5. The van der Waals surface area contributed by atoms with Gasteiger partial charge in [0.1, 0.15) is 11.2 Å². The van der Waals surface area contributed by atoms with E-state index in [1.165, 1.54) is 12.1 Å². The zero-order valence-corrected chi connectivity index (χ0v) is 23.5. The van der Waals surface area contributed by atoms with Gasteiger partial charge >= 0.3 is 18.2 Å². The van der Waals surface area contributed by atoms with E-state index >= 15 is 0 Å². The number of nitrogens with zero attached hydrogens (tertiary/aromatic N) is 2. The van der Waals surface area contributed by atoms with Crippen LogP contribution in [-0.2, 0) is 25.2 Å². The van der Waals surface area contributed by atoms with E-state index in [1.54, 1.807) is 32.8 Å². The van der Waals surface area contributed by atoms with Crippen molar-refractivity contribution in [3.05, 3.63) is 29.3 Å². The number of carbonyl (C=O) groups excluding carboxylic acids is 2. The molecule has 0 bridgehead atoms. The predicted molar refractivity (Wildman–Crippen MR) is 138 cm³/mol.